The van der Waals surface area contributed by atoms with Crippen LogP contribution in [-0.4, -0.2) is 34.2 Å². The first kappa shape index (κ1) is 18.5. The molecule has 1 heterocycles. The number of aromatic nitrogens is 2. The third-order valence-corrected chi connectivity index (χ3v) is 3.54. The van der Waals surface area contributed by atoms with Crippen LogP contribution in [0.15, 0.2) is 28.8 Å². The lowest BCUT2D eigenvalue weighted by atomic mass is 9.87. The van der Waals surface area contributed by atoms with E-state index in [9.17, 15) is 14.9 Å². The van der Waals surface area contributed by atoms with E-state index in [2.05, 4.69) is 15.5 Å². The number of ether oxygens (including phenoxy) is 1. The molecular formula is C16H20N4O5. The third kappa shape index (κ3) is 4.60. The maximum absolute atomic E-state index is 11.9. The normalized spacial score (nSPS) is 12.6. The van der Waals surface area contributed by atoms with Gasteiger partial charge in [-0.3, -0.25) is 20.2 Å². The molecule has 9 nitrogen and oxygen atoms in total. The van der Waals surface area contributed by atoms with Gasteiger partial charge < -0.3 is 9.26 Å². The number of benzene rings is 1. The van der Waals surface area contributed by atoms with E-state index in [1.54, 1.807) is 12.1 Å². The van der Waals surface area contributed by atoms with Crippen LogP contribution in [0.4, 0.5) is 5.69 Å². The molecule has 1 N–H and O–H groups in total. The van der Waals surface area contributed by atoms with E-state index in [4.69, 9.17) is 9.26 Å². The zero-order valence-corrected chi connectivity index (χ0v) is 14.5. The number of non-ortho nitro benzene ring substituents is 1. The van der Waals surface area contributed by atoms with Crippen molar-refractivity contribution in [2.45, 2.75) is 33.4 Å². The van der Waals surface area contributed by atoms with E-state index in [-0.39, 0.29) is 35.3 Å². The lowest BCUT2D eigenvalue weighted by Crippen LogP contribution is -2.46. The number of hydrogen-bond donors (Lipinski definition) is 1. The molecule has 0 aliphatic rings. The van der Waals surface area contributed by atoms with Crippen LogP contribution in [0.2, 0.25) is 0 Å². The quantitative estimate of drug-likeness (QED) is 0.480. The average molecular weight is 348 g/mol. The molecule has 0 fully saturated rings. The molecule has 25 heavy (non-hydrogen) atoms. The van der Waals surface area contributed by atoms with Crippen molar-refractivity contribution in [3.8, 4) is 11.4 Å². The Morgan fingerprint density at radius 3 is 2.76 bits per heavy atom. The summed E-state index contributed by atoms with van der Waals surface area (Å²) < 4.78 is 9.96. The van der Waals surface area contributed by atoms with Gasteiger partial charge in [0.15, 0.2) is 0 Å². The maximum Gasteiger partial charge on any atom is 0.323 e. The van der Waals surface area contributed by atoms with Crippen molar-refractivity contribution >= 4 is 11.7 Å². The molecule has 1 atom stereocenters. The standard InChI is InChI=1S/C16H20N4O5/c1-16(2,3)13(15(21)24-4)17-9-12-18-14(19-25-12)10-6-5-7-11(8-10)20(22)23/h5-8,13,17H,9H2,1-4H3/t13-/m1/s1. The van der Waals surface area contributed by atoms with Crippen LogP contribution in [0.25, 0.3) is 11.4 Å². The van der Waals surface area contributed by atoms with Gasteiger partial charge in [0.1, 0.15) is 6.04 Å². The number of esters is 1. The van der Waals surface area contributed by atoms with Gasteiger partial charge in [-0.2, -0.15) is 4.98 Å². The van der Waals surface area contributed by atoms with Crippen molar-refractivity contribution in [1.29, 1.82) is 0 Å². The van der Waals surface area contributed by atoms with E-state index < -0.39 is 11.0 Å². The molecule has 2 rings (SSSR count). The summed E-state index contributed by atoms with van der Waals surface area (Å²) in [5.41, 5.74) is 0.0562. The van der Waals surface area contributed by atoms with Crippen LogP contribution in [0.5, 0.6) is 0 Å². The second kappa shape index (κ2) is 7.39. The number of carbonyl (C=O) groups excluding carboxylic acids is 1. The number of nitro groups is 1. The van der Waals surface area contributed by atoms with Gasteiger partial charge in [0.05, 0.1) is 18.6 Å². The topological polar surface area (TPSA) is 120 Å². The van der Waals surface area contributed by atoms with Gasteiger partial charge >= 0.3 is 5.97 Å². The van der Waals surface area contributed by atoms with Gasteiger partial charge in [0, 0.05) is 17.7 Å². The largest absolute Gasteiger partial charge is 0.468 e. The summed E-state index contributed by atoms with van der Waals surface area (Å²) in [6, 6.07) is 5.41. The van der Waals surface area contributed by atoms with Gasteiger partial charge in [-0.05, 0) is 5.41 Å². The highest BCUT2D eigenvalue weighted by molar-refractivity contribution is 5.76. The summed E-state index contributed by atoms with van der Waals surface area (Å²) in [4.78, 5) is 26.4. The Bertz CT molecular complexity index is 766. The molecule has 2 aromatic rings. The fourth-order valence-electron chi connectivity index (χ4n) is 2.25. The molecule has 134 valence electrons. The Hall–Kier alpha value is -2.81. The molecule has 0 saturated carbocycles. The number of nitrogens with one attached hydrogen (secondary N) is 1. The summed E-state index contributed by atoms with van der Waals surface area (Å²) in [5.74, 6) is 0.122. The molecule has 0 radical (unpaired) electrons. The minimum atomic E-state index is -0.550. The van der Waals surface area contributed by atoms with E-state index in [0.717, 1.165) is 0 Å². The fraction of sp³-hybridized carbons (Fsp3) is 0.438. The van der Waals surface area contributed by atoms with E-state index in [1.165, 1.54) is 19.2 Å². The molecule has 0 aliphatic carbocycles. The van der Waals surface area contributed by atoms with Crippen molar-refractivity contribution in [3.05, 3.63) is 40.3 Å². The highest BCUT2D eigenvalue weighted by atomic mass is 16.6. The third-order valence-electron chi connectivity index (χ3n) is 3.54. The van der Waals surface area contributed by atoms with Crippen molar-refractivity contribution in [1.82, 2.24) is 15.5 Å². The molecule has 1 aromatic carbocycles. The average Bonchev–Trinajstić information content (AvgIpc) is 3.02. The van der Waals surface area contributed by atoms with Crippen LogP contribution >= 0.6 is 0 Å². The van der Waals surface area contributed by atoms with Gasteiger partial charge in [0.2, 0.25) is 11.7 Å². The van der Waals surface area contributed by atoms with Crippen LogP contribution in [0.3, 0.4) is 0 Å². The Morgan fingerprint density at radius 2 is 2.16 bits per heavy atom. The number of hydrogen-bond acceptors (Lipinski definition) is 8. The fourth-order valence-corrected chi connectivity index (χ4v) is 2.25. The summed E-state index contributed by atoms with van der Waals surface area (Å²) in [6.45, 7) is 5.89. The lowest BCUT2D eigenvalue weighted by Gasteiger charge is -2.28. The Balaban J connectivity index is 2.12. The monoisotopic (exact) mass is 348 g/mol. The molecule has 0 spiro atoms. The van der Waals surface area contributed by atoms with E-state index in [1.807, 2.05) is 20.8 Å². The Labute approximate surface area is 144 Å². The molecule has 0 aliphatic heterocycles. The number of carbonyl (C=O) groups is 1. The lowest BCUT2D eigenvalue weighted by molar-refractivity contribution is -0.384. The van der Waals surface area contributed by atoms with Crippen LogP contribution in [0.1, 0.15) is 26.7 Å². The number of nitrogens with zero attached hydrogens (tertiary/aromatic N) is 3. The summed E-state index contributed by atoms with van der Waals surface area (Å²) in [7, 11) is 1.33. The zero-order valence-electron chi connectivity index (χ0n) is 14.5. The van der Waals surface area contributed by atoms with Crippen LogP contribution in [-0.2, 0) is 16.1 Å². The molecular weight excluding hydrogens is 328 g/mol. The SMILES string of the molecule is COC(=O)[C@@H](NCc1nc(-c2cccc([N+](=O)[O-])c2)no1)C(C)(C)C. The smallest absolute Gasteiger partial charge is 0.323 e. The minimum absolute atomic E-state index is 0.0551. The second-order valence-electron chi connectivity index (χ2n) is 6.52. The first-order chi connectivity index (χ1) is 11.7. The number of nitro benzene ring substituents is 1. The zero-order chi connectivity index (χ0) is 18.6. The second-order valence-corrected chi connectivity index (χ2v) is 6.52. The Kier molecular flexibility index (Phi) is 5.48. The first-order valence-electron chi connectivity index (χ1n) is 7.61. The molecule has 0 unspecified atom stereocenters. The predicted octanol–water partition coefficient (Wildman–Crippen LogP) is 2.32. The Morgan fingerprint density at radius 1 is 1.44 bits per heavy atom. The number of rotatable bonds is 6. The summed E-state index contributed by atoms with van der Waals surface area (Å²) in [6.07, 6.45) is 0. The van der Waals surface area contributed by atoms with Gasteiger partial charge in [-0.25, -0.2) is 0 Å². The van der Waals surface area contributed by atoms with Gasteiger partial charge in [-0.15, -0.1) is 0 Å². The summed E-state index contributed by atoms with van der Waals surface area (Å²) >= 11 is 0. The van der Waals surface area contributed by atoms with Crippen molar-refractivity contribution < 1.29 is 19.0 Å². The van der Waals surface area contributed by atoms with Crippen molar-refractivity contribution in [3.63, 3.8) is 0 Å². The molecule has 0 bridgehead atoms. The highest BCUT2D eigenvalue weighted by Gasteiger charge is 2.32. The first-order valence-corrected chi connectivity index (χ1v) is 7.61. The van der Waals surface area contributed by atoms with Crippen LogP contribution < -0.4 is 5.32 Å². The maximum atomic E-state index is 11.9. The van der Waals surface area contributed by atoms with Crippen molar-refractivity contribution in [2.75, 3.05) is 7.11 Å². The molecule has 0 saturated heterocycles. The highest BCUT2D eigenvalue weighted by Crippen LogP contribution is 2.23. The van der Waals surface area contributed by atoms with E-state index >= 15 is 0 Å². The predicted molar refractivity (Wildman–Crippen MR) is 88.5 cm³/mol. The minimum Gasteiger partial charge on any atom is -0.468 e. The molecule has 1 aromatic heterocycles. The molecule has 0 amide bonds. The van der Waals surface area contributed by atoms with Crippen molar-refractivity contribution in [2.24, 2.45) is 5.41 Å². The number of methoxy groups -OCH3 is 1. The molecule has 9 heteroatoms. The van der Waals surface area contributed by atoms with Gasteiger partial charge in [-0.1, -0.05) is 38.1 Å². The van der Waals surface area contributed by atoms with E-state index in [0.29, 0.717) is 5.56 Å². The van der Waals surface area contributed by atoms with Gasteiger partial charge in [0.25, 0.3) is 5.69 Å². The van der Waals surface area contributed by atoms with Crippen LogP contribution in [0, 0.1) is 15.5 Å². The summed E-state index contributed by atoms with van der Waals surface area (Å²) in [5, 5.41) is 17.7.